The molecule has 1 aromatic carbocycles. The summed E-state index contributed by atoms with van der Waals surface area (Å²) in [6, 6.07) is 5.76. The first-order valence-electron chi connectivity index (χ1n) is 6.35. The van der Waals surface area contributed by atoms with Gasteiger partial charge in [0.15, 0.2) is 0 Å². The van der Waals surface area contributed by atoms with E-state index in [0.717, 1.165) is 18.7 Å². The number of aliphatic hydroxyl groups is 1. The third kappa shape index (κ3) is 4.45. The van der Waals surface area contributed by atoms with Crippen LogP contribution in [0.1, 0.15) is 27.2 Å². The molecule has 1 rings (SSSR count). The Kier molecular flexibility index (Phi) is 5.28. The van der Waals surface area contributed by atoms with E-state index in [2.05, 4.69) is 4.90 Å². The maximum atomic E-state index is 9.29. The lowest BCUT2D eigenvalue weighted by Crippen LogP contribution is -2.22. The Morgan fingerprint density at radius 1 is 1.33 bits per heavy atom. The molecule has 102 valence electrons. The minimum absolute atomic E-state index is 0.102. The quantitative estimate of drug-likeness (QED) is 0.762. The Labute approximate surface area is 109 Å². The molecule has 0 amide bonds. The number of nitrogens with zero attached hydrogens (tertiary/aromatic N) is 1. The summed E-state index contributed by atoms with van der Waals surface area (Å²) in [7, 11) is 1.99. The van der Waals surface area contributed by atoms with E-state index < -0.39 is 0 Å². The van der Waals surface area contributed by atoms with Gasteiger partial charge in [-0.3, -0.25) is 0 Å². The second-order valence-electron chi connectivity index (χ2n) is 4.95. The fraction of sp³-hybridized carbons (Fsp3) is 0.571. The van der Waals surface area contributed by atoms with E-state index in [1.807, 2.05) is 39.1 Å². The van der Waals surface area contributed by atoms with E-state index in [0.29, 0.717) is 11.4 Å². The summed E-state index contributed by atoms with van der Waals surface area (Å²) in [4.78, 5) is 2.08. The van der Waals surface area contributed by atoms with Crippen LogP contribution in [0.3, 0.4) is 0 Å². The van der Waals surface area contributed by atoms with Gasteiger partial charge in [-0.15, -0.1) is 0 Å². The van der Waals surface area contributed by atoms with Gasteiger partial charge < -0.3 is 20.5 Å². The molecule has 18 heavy (non-hydrogen) atoms. The molecular formula is C14H24N2O2. The largest absolute Gasteiger partial charge is 0.489 e. The number of hydrogen-bond acceptors (Lipinski definition) is 4. The third-order valence-electron chi connectivity index (χ3n) is 2.68. The summed E-state index contributed by atoms with van der Waals surface area (Å²) in [5.74, 6) is 0.714. The summed E-state index contributed by atoms with van der Waals surface area (Å²) in [5.41, 5.74) is 7.57. The summed E-state index contributed by atoms with van der Waals surface area (Å²) >= 11 is 0. The van der Waals surface area contributed by atoms with Crippen LogP contribution in [-0.2, 0) is 0 Å². The van der Waals surface area contributed by atoms with Gasteiger partial charge in [0.2, 0.25) is 0 Å². The van der Waals surface area contributed by atoms with Crippen LogP contribution in [0.25, 0.3) is 0 Å². The Bertz CT molecular complexity index is 378. The Balaban J connectivity index is 2.77. The third-order valence-corrected chi connectivity index (χ3v) is 2.68. The predicted octanol–water partition coefficient (Wildman–Crippen LogP) is 2.26. The van der Waals surface area contributed by atoms with Gasteiger partial charge in [0, 0.05) is 25.3 Å². The number of rotatable bonds is 6. The van der Waals surface area contributed by atoms with Crippen LogP contribution >= 0.6 is 0 Å². The molecule has 0 aliphatic carbocycles. The normalized spacial score (nSPS) is 12.6. The van der Waals surface area contributed by atoms with Crippen LogP contribution in [0.4, 0.5) is 11.4 Å². The molecule has 0 saturated heterocycles. The molecule has 0 aliphatic rings. The molecule has 0 heterocycles. The van der Waals surface area contributed by atoms with Gasteiger partial charge in [-0.1, -0.05) is 0 Å². The van der Waals surface area contributed by atoms with Crippen molar-refractivity contribution in [3.63, 3.8) is 0 Å². The lowest BCUT2D eigenvalue weighted by Gasteiger charge is -2.22. The fourth-order valence-electron chi connectivity index (χ4n) is 1.63. The second-order valence-corrected chi connectivity index (χ2v) is 4.95. The van der Waals surface area contributed by atoms with Crippen molar-refractivity contribution in [2.45, 2.75) is 39.4 Å². The number of nitrogen functional groups attached to an aromatic ring is 1. The zero-order valence-corrected chi connectivity index (χ0v) is 11.7. The van der Waals surface area contributed by atoms with Crippen LogP contribution < -0.4 is 15.4 Å². The zero-order valence-electron chi connectivity index (χ0n) is 11.7. The van der Waals surface area contributed by atoms with E-state index in [1.54, 1.807) is 6.92 Å². The molecule has 1 atom stereocenters. The lowest BCUT2D eigenvalue weighted by molar-refractivity contribution is 0.187. The molecule has 4 heteroatoms. The first-order chi connectivity index (χ1) is 8.40. The Morgan fingerprint density at radius 3 is 2.56 bits per heavy atom. The van der Waals surface area contributed by atoms with Crippen molar-refractivity contribution in [2.24, 2.45) is 0 Å². The molecule has 0 fully saturated rings. The summed E-state index contributed by atoms with van der Waals surface area (Å²) in [5, 5.41) is 9.29. The zero-order chi connectivity index (χ0) is 13.7. The van der Waals surface area contributed by atoms with E-state index in [9.17, 15) is 5.11 Å². The molecule has 0 bridgehead atoms. The number of benzene rings is 1. The standard InChI is InChI=1S/C14H24N2O2/c1-10(2)18-14-9-12(5-6-13(14)15)16(4)8-7-11(3)17/h5-6,9-11,17H,7-8,15H2,1-4H3. The van der Waals surface area contributed by atoms with E-state index in [-0.39, 0.29) is 12.2 Å². The topological polar surface area (TPSA) is 58.7 Å². The molecule has 0 aromatic heterocycles. The predicted molar refractivity (Wildman–Crippen MR) is 76.2 cm³/mol. The van der Waals surface area contributed by atoms with Gasteiger partial charge in [-0.25, -0.2) is 0 Å². The average molecular weight is 252 g/mol. The molecule has 0 saturated carbocycles. The maximum Gasteiger partial charge on any atom is 0.144 e. The van der Waals surface area contributed by atoms with Gasteiger partial charge in [0.05, 0.1) is 17.9 Å². The highest BCUT2D eigenvalue weighted by Crippen LogP contribution is 2.28. The first-order valence-corrected chi connectivity index (χ1v) is 6.35. The fourth-order valence-corrected chi connectivity index (χ4v) is 1.63. The smallest absolute Gasteiger partial charge is 0.144 e. The van der Waals surface area contributed by atoms with Crippen molar-refractivity contribution in [3.05, 3.63) is 18.2 Å². The van der Waals surface area contributed by atoms with Gasteiger partial charge >= 0.3 is 0 Å². The highest BCUT2D eigenvalue weighted by Gasteiger charge is 2.08. The van der Waals surface area contributed by atoms with Gasteiger partial charge in [-0.2, -0.15) is 0 Å². The summed E-state index contributed by atoms with van der Waals surface area (Å²) < 4.78 is 5.66. The highest BCUT2D eigenvalue weighted by atomic mass is 16.5. The lowest BCUT2D eigenvalue weighted by atomic mass is 10.2. The number of anilines is 2. The number of ether oxygens (including phenoxy) is 1. The molecule has 1 aromatic rings. The van der Waals surface area contributed by atoms with Crippen LogP contribution in [-0.4, -0.2) is 30.9 Å². The minimum atomic E-state index is -0.285. The molecule has 3 N–H and O–H groups in total. The van der Waals surface area contributed by atoms with Gasteiger partial charge in [0.25, 0.3) is 0 Å². The minimum Gasteiger partial charge on any atom is -0.489 e. The second kappa shape index (κ2) is 6.50. The van der Waals surface area contributed by atoms with Crippen LogP contribution in [0.5, 0.6) is 5.75 Å². The van der Waals surface area contributed by atoms with Crippen molar-refractivity contribution in [1.29, 1.82) is 0 Å². The van der Waals surface area contributed by atoms with Crippen molar-refractivity contribution < 1.29 is 9.84 Å². The molecule has 1 unspecified atom stereocenters. The number of aliphatic hydroxyl groups excluding tert-OH is 1. The van der Waals surface area contributed by atoms with Crippen molar-refractivity contribution in [2.75, 3.05) is 24.2 Å². The van der Waals surface area contributed by atoms with Crippen LogP contribution in [0.2, 0.25) is 0 Å². The molecular weight excluding hydrogens is 228 g/mol. The SMILES string of the molecule is CC(O)CCN(C)c1ccc(N)c(OC(C)C)c1. The summed E-state index contributed by atoms with van der Waals surface area (Å²) in [6.07, 6.45) is 0.555. The molecule has 0 spiro atoms. The van der Waals surface area contributed by atoms with Gasteiger partial charge in [-0.05, 0) is 39.3 Å². The van der Waals surface area contributed by atoms with Crippen LogP contribution in [0, 0.1) is 0 Å². The van der Waals surface area contributed by atoms with Gasteiger partial charge in [0.1, 0.15) is 5.75 Å². The highest BCUT2D eigenvalue weighted by molar-refractivity contribution is 5.62. The first kappa shape index (κ1) is 14.6. The molecule has 4 nitrogen and oxygen atoms in total. The average Bonchev–Trinajstić information content (AvgIpc) is 2.28. The Hall–Kier alpha value is -1.42. The van der Waals surface area contributed by atoms with Crippen LogP contribution in [0.15, 0.2) is 18.2 Å². The monoisotopic (exact) mass is 252 g/mol. The number of nitrogens with two attached hydrogens (primary N) is 1. The maximum absolute atomic E-state index is 9.29. The van der Waals surface area contributed by atoms with E-state index >= 15 is 0 Å². The van der Waals surface area contributed by atoms with E-state index in [4.69, 9.17) is 10.5 Å². The van der Waals surface area contributed by atoms with Crippen molar-refractivity contribution in [3.8, 4) is 5.75 Å². The summed E-state index contributed by atoms with van der Waals surface area (Å²) in [6.45, 7) is 6.54. The molecule has 0 aliphatic heterocycles. The Morgan fingerprint density at radius 2 is 2.00 bits per heavy atom. The number of hydrogen-bond donors (Lipinski definition) is 2. The van der Waals surface area contributed by atoms with Crippen molar-refractivity contribution >= 4 is 11.4 Å². The van der Waals surface area contributed by atoms with E-state index in [1.165, 1.54) is 0 Å². The van der Waals surface area contributed by atoms with Crippen molar-refractivity contribution in [1.82, 2.24) is 0 Å². The molecule has 0 radical (unpaired) electrons.